The van der Waals surface area contributed by atoms with Crippen molar-refractivity contribution in [2.45, 2.75) is 38.2 Å². The van der Waals surface area contributed by atoms with Gasteiger partial charge in [0, 0.05) is 0 Å². The Kier molecular flexibility index (Phi) is 2.97. The van der Waals surface area contributed by atoms with E-state index in [0.717, 1.165) is 12.8 Å². The molecule has 1 aliphatic carbocycles. The number of hydrogen-bond acceptors (Lipinski definition) is 3. The van der Waals surface area contributed by atoms with Gasteiger partial charge in [0.15, 0.2) is 0 Å². The summed E-state index contributed by atoms with van der Waals surface area (Å²) in [4.78, 5) is 4.96. The van der Waals surface area contributed by atoms with Crippen LogP contribution in [-0.2, 0) is 4.84 Å². The fourth-order valence-corrected chi connectivity index (χ4v) is 1.27. The standard InChI is InChI=1S/C7H12N2O/c8-6-9-10-7-4-2-1-3-5-7/h7-8H,1-5H2. The molecule has 0 aromatic rings. The van der Waals surface area contributed by atoms with E-state index in [1.165, 1.54) is 19.3 Å². The molecule has 0 saturated heterocycles. The fourth-order valence-electron chi connectivity index (χ4n) is 1.27. The third kappa shape index (κ3) is 2.19. The molecule has 1 saturated carbocycles. The summed E-state index contributed by atoms with van der Waals surface area (Å²) >= 11 is 0. The number of nitrogens with zero attached hydrogens (tertiary/aromatic N) is 1. The molecule has 0 heterocycles. The highest BCUT2D eigenvalue weighted by Crippen LogP contribution is 2.19. The minimum absolute atomic E-state index is 0.256. The Balaban J connectivity index is 2.19. The summed E-state index contributed by atoms with van der Waals surface area (Å²) in [6, 6.07) is 1.87. The first-order chi connectivity index (χ1) is 4.93. The van der Waals surface area contributed by atoms with Crippen LogP contribution in [0.15, 0.2) is 5.16 Å². The monoisotopic (exact) mass is 140 g/mol. The molecule has 0 amide bonds. The Labute approximate surface area is 60.6 Å². The molecule has 0 unspecified atom stereocenters. The highest BCUT2D eigenvalue weighted by atomic mass is 16.6. The van der Waals surface area contributed by atoms with E-state index in [4.69, 9.17) is 10.2 Å². The Morgan fingerprint density at radius 2 is 2.00 bits per heavy atom. The number of rotatable bonds is 2. The van der Waals surface area contributed by atoms with E-state index in [-0.39, 0.29) is 6.10 Å². The zero-order chi connectivity index (χ0) is 7.23. The van der Waals surface area contributed by atoms with E-state index in [1.54, 1.807) is 0 Å². The van der Waals surface area contributed by atoms with Crippen molar-refractivity contribution in [2.75, 3.05) is 0 Å². The average Bonchev–Trinajstić information content (AvgIpc) is 2.03. The van der Waals surface area contributed by atoms with Crippen LogP contribution in [0.4, 0.5) is 0 Å². The lowest BCUT2D eigenvalue weighted by molar-refractivity contribution is 0.0341. The Morgan fingerprint density at radius 3 is 2.60 bits per heavy atom. The van der Waals surface area contributed by atoms with Crippen LogP contribution >= 0.6 is 0 Å². The van der Waals surface area contributed by atoms with E-state index >= 15 is 0 Å². The lowest BCUT2D eigenvalue weighted by Crippen LogP contribution is -2.13. The van der Waals surface area contributed by atoms with Crippen molar-refractivity contribution < 1.29 is 4.84 Å². The second-order valence-electron chi connectivity index (χ2n) is 2.57. The summed E-state index contributed by atoms with van der Waals surface area (Å²) in [6.45, 7) is 0. The zero-order valence-corrected chi connectivity index (χ0v) is 5.97. The largest absolute Gasteiger partial charge is 0.384 e. The van der Waals surface area contributed by atoms with Crippen LogP contribution in [0.1, 0.15) is 32.1 Å². The molecule has 1 rings (SSSR count). The van der Waals surface area contributed by atoms with Gasteiger partial charge in [-0.25, -0.2) is 5.41 Å². The maximum atomic E-state index is 6.48. The lowest BCUT2D eigenvalue weighted by atomic mass is 9.98. The molecule has 0 aromatic heterocycles. The maximum Gasteiger partial charge on any atom is 0.132 e. The summed E-state index contributed by atoms with van der Waals surface area (Å²) in [7, 11) is 0. The molecule has 1 N–H and O–H groups in total. The third-order valence-electron chi connectivity index (χ3n) is 1.80. The summed E-state index contributed by atoms with van der Waals surface area (Å²) in [5.41, 5.74) is 0. The van der Waals surface area contributed by atoms with Gasteiger partial charge < -0.3 is 4.84 Å². The van der Waals surface area contributed by atoms with Crippen LogP contribution < -0.4 is 0 Å². The van der Waals surface area contributed by atoms with Crippen LogP contribution in [0.2, 0.25) is 0 Å². The van der Waals surface area contributed by atoms with E-state index < -0.39 is 0 Å². The lowest BCUT2D eigenvalue weighted by Gasteiger charge is -2.18. The molecule has 10 heavy (non-hydrogen) atoms. The molecular formula is C7H12N2O. The highest BCUT2D eigenvalue weighted by Gasteiger charge is 2.13. The second kappa shape index (κ2) is 4.07. The minimum atomic E-state index is 0.256. The van der Waals surface area contributed by atoms with Crippen molar-refractivity contribution in [3.63, 3.8) is 0 Å². The molecule has 0 aliphatic heterocycles. The van der Waals surface area contributed by atoms with Gasteiger partial charge in [-0.15, -0.1) is 0 Å². The van der Waals surface area contributed by atoms with Gasteiger partial charge in [-0.2, -0.15) is 0 Å². The van der Waals surface area contributed by atoms with Crippen molar-refractivity contribution >= 4 is 6.01 Å². The van der Waals surface area contributed by atoms with Crippen molar-refractivity contribution in [1.29, 1.82) is 5.41 Å². The number of nitrogens with one attached hydrogen (secondary N) is 1. The van der Waals surface area contributed by atoms with Gasteiger partial charge >= 0.3 is 0 Å². The zero-order valence-electron chi connectivity index (χ0n) is 5.97. The van der Waals surface area contributed by atoms with Crippen molar-refractivity contribution in [1.82, 2.24) is 0 Å². The van der Waals surface area contributed by atoms with E-state index in [9.17, 15) is 0 Å². The van der Waals surface area contributed by atoms with Crippen molar-refractivity contribution in [3.05, 3.63) is 0 Å². The van der Waals surface area contributed by atoms with E-state index in [1.807, 2.05) is 6.01 Å². The summed E-state index contributed by atoms with van der Waals surface area (Å²) in [5.74, 6) is 0. The topological polar surface area (TPSA) is 45.4 Å². The summed E-state index contributed by atoms with van der Waals surface area (Å²) in [5, 5.41) is 9.79. The molecule has 0 atom stereocenters. The highest BCUT2D eigenvalue weighted by molar-refractivity contribution is 5.34. The Morgan fingerprint density at radius 1 is 1.30 bits per heavy atom. The van der Waals surface area contributed by atoms with Gasteiger partial charge in [0.05, 0.1) is 0 Å². The molecule has 0 bridgehead atoms. The molecule has 1 fully saturated rings. The van der Waals surface area contributed by atoms with Crippen molar-refractivity contribution in [3.8, 4) is 0 Å². The summed E-state index contributed by atoms with van der Waals surface area (Å²) < 4.78 is 0. The van der Waals surface area contributed by atoms with Crippen LogP contribution in [0, 0.1) is 5.41 Å². The van der Waals surface area contributed by atoms with Gasteiger partial charge in [-0.3, -0.25) is 0 Å². The first kappa shape index (κ1) is 7.29. The Bertz CT molecular complexity index is 135. The molecule has 1 aliphatic rings. The summed E-state index contributed by atoms with van der Waals surface area (Å²) in [6.07, 6.45) is 6.22. The smallest absolute Gasteiger partial charge is 0.132 e. The molecule has 0 radical (unpaired) electrons. The Hall–Kier alpha value is -0.820. The third-order valence-corrected chi connectivity index (χ3v) is 1.80. The molecule has 3 heteroatoms. The quantitative estimate of drug-likeness (QED) is 0.462. The van der Waals surface area contributed by atoms with Gasteiger partial charge in [0.2, 0.25) is 0 Å². The predicted octanol–water partition coefficient (Wildman–Crippen LogP) is 2.00. The first-order valence-electron chi connectivity index (χ1n) is 3.71. The average molecular weight is 140 g/mol. The van der Waals surface area contributed by atoms with E-state index in [0.29, 0.717) is 0 Å². The van der Waals surface area contributed by atoms with E-state index in [2.05, 4.69) is 5.16 Å². The second-order valence-corrected chi connectivity index (χ2v) is 2.57. The molecule has 0 aromatic carbocycles. The molecule has 3 nitrogen and oxygen atoms in total. The van der Waals surface area contributed by atoms with Gasteiger partial charge in [0.1, 0.15) is 12.1 Å². The SMILES string of the molecule is N=C=NOC1CCCCC1. The van der Waals surface area contributed by atoms with Crippen molar-refractivity contribution in [2.24, 2.45) is 5.16 Å². The van der Waals surface area contributed by atoms with Crippen LogP contribution in [0.5, 0.6) is 0 Å². The minimum Gasteiger partial charge on any atom is -0.384 e. The maximum absolute atomic E-state index is 6.48. The first-order valence-corrected chi connectivity index (χ1v) is 3.71. The van der Waals surface area contributed by atoms with Gasteiger partial charge in [0.25, 0.3) is 0 Å². The molecule has 56 valence electrons. The number of hydrogen-bond donors (Lipinski definition) is 1. The normalized spacial score (nSPS) is 19.6. The van der Waals surface area contributed by atoms with Crippen LogP contribution in [-0.4, -0.2) is 12.1 Å². The van der Waals surface area contributed by atoms with Gasteiger partial charge in [-0.1, -0.05) is 6.42 Å². The van der Waals surface area contributed by atoms with Gasteiger partial charge in [-0.05, 0) is 30.8 Å². The molecular weight excluding hydrogens is 128 g/mol. The fraction of sp³-hybridized carbons (Fsp3) is 0.857. The molecule has 0 spiro atoms. The van der Waals surface area contributed by atoms with Crippen LogP contribution in [0.3, 0.4) is 0 Å². The van der Waals surface area contributed by atoms with Crippen LogP contribution in [0.25, 0.3) is 0 Å². The predicted molar refractivity (Wildman–Crippen MR) is 38.1 cm³/mol.